The minimum Gasteiger partial charge on any atom is -0.364 e. The van der Waals surface area contributed by atoms with Gasteiger partial charge in [-0.25, -0.2) is 0 Å². The zero-order chi connectivity index (χ0) is 12.0. The van der Waals surface area contributed by atoms with Crippen molar-refractivity contribution in [1.29, 1.82) is 0 Å². The molecule has 0 radical (unpaired) electrons. The van der Waals surface area contributed by atoms with Crippen LogP contribution in [0.5, 0.6) is 0 Å². The Bertz CT molecular complexity index is 321. The van der Waals surface area contributed by atoms with Crippen molar-refractivity contribution in [3.05, 3.63) is 34.9 Å². The molecule has 0 aliphatic carbocycles. The van der Waals surface area contributed by atoms with Crippen molar-refractivity contribution in [3.8, 4) is 0 Å². The molecule has 0 aliphatic rings. The molecule has 0 aromatic heterocycles. The van der Waals surface area contributed by atoms with Crippen LogP contribution in [0.2, 0.25) is 0 Å². The van der Waals surface area contributed by atoms with Gasteiger partial charge in [-0.1, -0.05) is 38.0 Å². The summed E-state index contributed by atoms with van der Waals surface area (Å²) < 4.78 is 5.38. The first-order valence-electron chi connectivity index (χ1n) is 6.02. The molecule has 0 saturated carbocycles. The van der Waals surface area contributed by atoms with Gasteiger partial charge in [-0.3, -0.25) is 0 Å². The first-order valence-corrected chi connectivity index (χ1v) is 6.02. The van der Waals surface area contributed by atoms with Crippen LogP contribution in [0.4, 0.5) is 0 Å². The Morgan fingerprint density at radius 3 is 2.56 bits per heavy atom. The molecule has 0 bridgehead atoms. The van der Waals surface area contributed by atoms with E-state index in [4.69, 9.17) is 4.74 Å². The lowest BCUT2D eigenvalue weighted by molar-refractivity contribution is -0.103. The van der Waals surface area contributed by atoms with Gasteiger partial charge in [-0.2, -0.15) is 0 Å². The Kier molecular flexibility index (Phi) is 5.50. The van der Waals surface area contributed by atoms with Crippen LogP contribution in [-0.2, 0) is 4.74 Å². The summed E-state index contributed by atoms with van der Waals surface area (Å²) in [5, 5.41) is 9.81. The number of aryl methyl sites for hydroxylation is 2. The Hall–Kier alpha value is -0.860. The Balaban J connectivity index is 2.46. The molecule has 0 saturated heterocycles. The van der Waals surface area contributed by atoms with Gasteiger partial charge in [0.2, 0.25) is 0 Å². The highest BCUT2D eigenvalue weighted by molar-refractivity contribution is 5.30. The third kappa shape index (κ3) is 3.95. The topological polar surface area (TPSA) is 29.5 Å². The van der Waals surface area contributed by atoms with Crippen LogP contribution < -0.4 is 0 Å². The fraction of sp³-hybridized carbons (Fsp3) is 0.571. The maximum Gasteiger partial charge on any atom is 0.181 e. The van der Waals surface area contributed by atoms with Gasteiger partial charge in [0, 0.05) is 5.56 Å². The predicted octanol–water partition coefficient (Wildman–Crippen LogP) is 3.50. The largest absolute Gasteiger partial charge is 0.364 e. The zero-order valence-corrected chi connectivity index (χ0v) is 10.5. The van der Waals surface area contributed by atoms with Crippen LogP contribution in [0, 0.1) is 13.8 Å². The van der Waals surface area contributed by atoms with E-state index in [-0.39, 0.29) is 0 Å². The van der Waals surface area contributed by atoms with Crippen LogP contribution in [0.15, 0.2) is 18.2 Å². The van der Waals surface area contributed by atoms with Crippen molar-refractivity contribution >= 4 is 0 Å². The minimum atomic E-state index is -0.781. The zero-order valence-electron chi connectivity index (χ0n) is 10.5. The van der Waals surface area contributed by atoms with E-state index >= 15 is 0 Å². The highest BCUT2D eigenvalue weighted by atomic mass is 16.6. The molecule has 0 fully saturated rings. The summed E-state index contributed by atoms with van der Waals surface area (Å²) >= 11 is 0. The second-order valence-electron chi connectivity index (χ2n) is 4.27. The van der Waals surface area contributed by atoms with Crippen LogP contribution >= 0.6 is 0 Å². The maximum atomic E-state index is 9.81. The monoisotopic (exact) mass is 222 g/mol. The lowest BCUT2D eigenvalue weighted by Gasteiger charge is -2.13. The van der Waals surface area contributed by atoms with Gasteiger partial charge >= 0.3 is 0 Å². The van der Waals surface area contributed by atoms with E-state index in [1.165, 1.54) is 17.5 Å². The summed E-state index contributed by atoms with van der Waals surface area (Å²) in [5.74, 6) is 0. The van der Waals surface area contributed by atoms with Gasteiger partial charge in [0.05, 0.1) is 6.61 Å². The van der Waals surface area contributed by atoms with Crippen molar-refractivity contribution in [2.75, 3.05) is 6.61 Å². The number of hydrogen-bond acceptors (Lipinski definition) is 2. The average molecular weight is 222 g/mol. The molecule has 0 unspecified atom stereocenters. The molecular formula is C14H22O2. The number of aliphatic hydroxyl groups excluding tert-OH is 1. The fourth-order valence-electron chi connectivity index (χ4n) is 1.56. The molecule has 0 amide bonds. The molecule has 16 heavy (non-hydrogen) atoms. The number of hydrogen-bond donors (Lipinski definition) is 1. The van der Waals surface area contributed by atoms with Crippen LogP contribution in [0.3, 0.4) is 0 Å². The van der Waals surface area contributed by atoms with Gasteiger partial charge in [0.1, 0.15) is 0 Å². The molecule has 2 nitrogen and oxygen atoms in total. The third-order valence-electron chi connectivity index (χ3n) is 2.84. The summed E-state index contributed by atoms with van der Waals surface area (Å²) in [6, 6.07) is 5.93. The second kappa shape index (κ2) is 6.66. The van der Waals surface area contributed by atoms with Crippen molar-refractivity contribution < 1.29 is 9.84 Å². The smallest absolute Gasteiger partial charge is 0.181 e. The Morgan fingerprint density at radius 2 is 1.94 bits per heavy atom. The molecule has 1 N–H and O–H groups in total. The predicted molar refractivity (Wildman–Crippen MR) is 66.4 cm³/mol. The fourth-order valence-corrected chi connectivity index (χ4v) is 1.56. The summed E-state index contributed by atoms with van der Waals surface area (Å²) in [6.07, 6.45) is 2.55. The summed E-state index contributed by atoms with van der Waals surface area (Å²) in [7, 11) is 0. The van der Waals surface area contributed by atoms with Gasteiger partial charge in [-0.05, 0) is 31.4 Å². The van der Waals surface area contributed by atoms with Gasteiger partial charge in [0.25, 0.3) is 0 Å². The minimum absolute atomic E-state index is 0.627. The first kappa shape index (κ1) is 13.2. The van der Waals surface area contributed by atoms with Crippen molar-refractivity contribution in [2.24, 2.45) is 0 Å². The highest BCUT2D eigenvalue weighted by Crippen LogP contribution is 2.18. The Labute approximate surface area is 98.3 Å². The first-order chi connectivity index (χ1) is 7.65. The van der Waals surface area contributed by atoms with Crippen molar-refractivity contribution in [3.63, 3.8) is 0 Å². The van der Waals surface area contributed by atoms with E-state index in [9.17, 15) is 5.11 Å². The van der Waals surface area contributed by atoms with E-state index < -0.39 is 6.29 Å². The number of ether oxygens (including phenoxy) is 1. The van der Waals surface area contributed by atoms with Crippen molar-refractivity contribution in [2.45, 2.75) is 46.3 Å². The summed E-state index contributed by atoms with van der Waals surface area (Å²) in [5.41, 5.74) is 3.27. The molecule has 90 valence electrons. The molecule has 1 rings (SSSR count). The maximum absolute atomic E-state index is 9.81. The van der Waals surface area contributed by atoms with Crippen LogP contribution in [-0.4, -0.2) is 11.7 Å². The van der Waals surface area contributed by atoms with E-state index in [1.54, 1.807) is 0 Å². The molecule has 1 atom stereocenters. The standard InChI is InChI=1S/C14H22O2/c1-4-5-6-9-16-14(15)13-8-7-11(2)12(3)10-13/h7-8,10,14-15H,4-6,9H2,1-3H3/t14-/m1/s1. The number of rotatable bonds is 6. The van der Waals surface area contributed by atoms with Crippen molar-refractivity contribution in [1.82, 2.24) is 0 Å². The quantitative estimate of drug-likeness (QED) is 0.589. The SMILES string of the molecule is CCCCCO[C@@H](O)c1ccc(C)c(C)c1. The van der Waals surface area contributed by atoms with Gasteiger partial charge < -0.3 is 9.84 Å². The van der Waals surface area contributed by atoms with Gasteiger partial charge in [-0.15, -0.1) is 0 Å². The molecule has 0 aliphatic heterocycles. The van der Waals surface area contributed by atoms with Crippen LogP contribution in [0.25, 0.3) is 0 Å². The van der Waals surface area contributed by atoms with E-state index in [0.717, 1.165) is 18.4 Å². The van der Waals surface area contributed by atoms with E-state index in [2.05, 4.69) is 13.8 Å². The van der Waals surface area contributed by atoms with E-state index in [0.29, 0.717) is 6.61 Å². The lowest BCUT2D eigenvalue weighted by Crippen LogP contribution is -2.05. The number of aliphatic hydroxyl groups is 1. The average Bonchev–Trinajstić information content (AvgIpc) is 2.28. The second-order valence-corrected chi connectivity index (χ2v) is 4.27. The Morgan fingerprint density at radius 1 is 1.19 bits per heavy atom. The van der Waals surface area contributed by atoms with Crippen LogP contribution in [0.1, 0.15) is 49.2 Å². The summed E-state index contributed by atoms with van der Waals surface area (Å²) in [4.78, 5) is 0. The van der Waals surface area contributed by atoms with Gasteiger partial charge in [0.15, 0.2) is 6.29 Å². The van der Waals surface area contributed by atoms with E-state index in [1.807, 2.05) is 25.1 Å². The molecule has 0 heterocycles. The number of benzene rings is 1. The lowest BCUT2D eigenvalue weighted by atomic mass is 10.1. The molecule has 1 aromatic carbocycles. The summed E-state index contributed by atoms with van der Waals surface area (Å²) in [6.45, 7) is 6.89. The highest BCUT2D eigenvalue weighted by Gasteiger charge is 2.07. The third-order valence-corrected chi connectivity index (χ3v) is 2.84. The normalized spacial score (nSPS) is 12.8. The molecular weight excluding hydrogens is 200 g/mol. The molecule has 1 aromatic rings. The molecule has 2 heteroatoms. The number of unbranched alkanes of at least 4 members (excludes halogenated alkanes) is 2. The molecule has 0 spiro atoms.